The number of para-hydroxylation sites is 1. The average molecular weight is 445 g/mol. The molecule has 0 bridgehead atoms. The first-order chi connectivity index (χ1) is 15.1. The van der Waals surface area contributed by atoms with Crippen LogP contribution in [0.15, 0.2) is 59.6 Å². The number of sulfonamides is 1. The third kappa shape index (κ3) is 8.59. The molecule has 2 aromatic rings. The maximum absolute atomic E-state index is 12.3. The van der Waals surface area contributed by atoms with Gasteiger partial charge in [0.2, 0.25) is 10.0 Å². The topological polar surface area (TPSA) is 91.8 Å². The van der Waals surface area contributed by atoms with Crippen molar-refractivity contribution in [3.8, 4) is 5.75 Å². The van der Waals surface area contributed by atoms with Crippen LogP contribution in [0.2, 0.25) is 0 Å². The number of nitrogens with zero attached hydrogens (tertiary/aromatic N) is 1. The summed E-state index contributed by atoms with van der Waals surface area (Å²) in [6, 6.07) is 17.4. The van der Waals surface area contributed by atoms with Gasteiger partial charge in [0.15, 0.2) is 5.96 Å². The van der Waals surface area contributed by atoms with Crippen LogP contribution in [-0.4, -0.2) is 39.8 Å². The van der Waals surface area contributed by atoms with Gasteiger partial charge in [-0.25, -0.2) is 18.1 Å². The molecule has 0 unspecified atom stereocenters. The lowest BCUT2D eigenvalue weighted by Crippen LogP contribution is -2.41. The molecule has 0 saturated heterocycles. The van der Waals surface area contributed by atoms with Crippen molar-refractivity contribution in [2.75, 3.05) is 25.4 Å². The maximum atomic E-state index is 12.3. The zero-order valence-electron chi connectivity index (χ0n) is 18.0. The van der Waals surface area contributed by atoms with Crippen molar-refractivity contribution >= 4 is 16.0 Å². The molecule has 0 radical (unpaired) electrons. The zero-order chi connectivity index (χ0) is 21.9. The smallest absolute Gasteiger partial charge is 0.213 e. The van der Waals surface area contributed by atoms with Crippen molar-refractivity contribution in [1.29, 1.82) is 0 Å². The lowest BCUT2D eigenvalue weighted by molar-refractivity contribution is 0.297. The molecule has 0 amide bonds. The molecule has 31 heavy (non-hydrogen) atoms. The summed E-state index contributed by atoms with van der Waals surface area (Å²) in [7, 11) is -3.39. The van der Waals surface area contributed by atoms with E-state index < -0.39 is 10.0 Å². The molecule has 0 aliphatic heterocycles. The van der Waals surface area contributed by atoms with E-state index in [1.807, 2.05) is 61.5 Å². The van der Waals surface area contributed by atoms with Crippen molar-refractivity contribution in [2.45, 2.75) is 32.9 Å². The van der Waals surface area contributed by atoms with Crippen LogP contribution in [0.5, 0.6) is 5.75 Å². The standard InChI is InChI=1S/C23H32N4O3S/c1-2-24-23(25-14-15-31(28,29)27-16-19-8-4-3-5-9-19)26-17-21-10-6-7-11-22(21)30-18-20-12-13-20/h3-11,20,27H,2,12-18H2,1H3,(H2,24,25,26). The minimum Gasteiger partial charge on any atom is -0.493 e. The van der Waals surface area contributed by atoms with Gasteiger partial charge in [-0.3, -0.25) is 0 Å². The van der Waals surface area contributed by atoms with Gasteiger partial charge in [-0.1, -0.05) is 48.5 Å². The summed E-state index contributed by atoms with van der Waals surface area (Å²) < 4.78 is 33.1. The molecule has 1 aliphatic carbocycles. The van der Waals surface area contributed by atoms with E-state index in [1.54, 1.807) is 0 Å². The molecule has 0 aromatic heterocycles. The zero-order valence-corrected chi connectivity index (χ0v) is 18.8. The predicted octanol–water partition coefficient (Wildman–Crippen LogP) is 2.65. The summed E-state index contributed by atoms with van der Waals surface area (Å²) in [6.45, 7) is 4.42. The number of hydrogen-bond donors (Lipinski definition) is 3. The lowest BCUT2D eigenvalue weighted by atomic mass is 10.2. The van der Waals surface area contributed by atoms with Crippen molar-refractivity contribution in [2.24, 2.45) is 10.9 Å². The van der Waals surface area contributed by atoms with Crippen LogP contribution in [-0.2, 0) is 23.1 Å². The second kappa shape index (κ2) is 11.7. The van der Waals surface area contributed by atoms with E-state index in [9.17, 15) is 8.42 Å². The Balaban J connectivity index is 1.49. The fourth-order valence-electron chi connectivity index (χ4n) is 2.94. The van der Waals surface area contributed by atoms with E-state index in [1.165, 1.54) is 12.8 Å². The second-order valence-corrected chi connectivity index (χ2v) is 9.54. The van der Waals surface area contributed by atoms with E-state index in [0.29, 0.717) is 25.0 Å². The Bertz CT molecular complexity index is 944. The van der Waals surface area contributed by atoms with Gasteiger partial charge in [0.25, 0.3) is 0 Å². The van der Waals surface area contributed by atoms with Gasteiger partial charge in [0.05, 0.1) is 18.9 Å². The van der Waals surface area contributed by atoms with E-state index in [2.05, 4.69) is 20.3 Å². The van der Waals surface area contributed by atoms with Gasteiger partial charge >= 0.3 is 0 Å². The number of aliphatic imine (C=N–C) groups is 1. The molecule has 0 heterocycles. The minimum atomic E-state index is -3.39. The molecular weight excluding hydrogens is 412 g/mol. The first-order valence-corrected chi connectivity index (χ1v) is 12.4. The number of benzene rings is 2. The van der Waals surface area contributed by atoms with Crippen molar-refractivity contribution in [1.82, 2.24) is 15.4 Å². The summed E-state index contributed by atoms with van der Waals surface area (Å²) in [5, 5.41) is 6.26. The molecule has 3 rings (SSSR count). The van der Waals surface area contributed by atoms with Crippen LogP contribution in [0.1, 0.15) is 30.9 Å². The van der Waals surface area contributed by atoms with Gasteiger partial charge in [0.1, 0.15) is 5.75 Å². The molecule has 1 aliphatic rings. The van der Waals surface area contributed by atoms with Gasteiger partial charge in [-0.15, -0.1) is 0 Å². The third-order valence-electron chi connectivity index (χ3n) is 4.90. The molecule has 8 heteroatoms. The number of nitrogens with one attached hydrogen (secondary N) is 3. The monoisotopic (exact) mass is 444 g/mol. The summed E-state index contributed by atoms with van der Waals surface area (Å²) >= 11 is 0. The first kappa shape index (κ1) is 23.1. The highest BCUT2D eigenvalue weighted by atomic mass is 32.2. The Morgan fingerprint density at radius 2 is 1.81 bits per heavy atom. The first-order valence-electron chi connectivity index (χ1n) is 10.8. The number of guanidine groups is 1. The van der Waals surface area contributed by atoms with Gasteiger partial charge in [0, 0.05) is 25.2 Å². The van der Waals surface area contributed by atoms with Crippen LogP contribution in [0, 0.1) is 5.92 Å². The molecule has 0 atom stereocenters. The minimum absolute atomic E-state index is 0.0364. The Kier molecular flexibility index (Phi) is 8.73. The quantitative estimate of drug-likeness (QED) is 0.346. The Morgan fingerprint density at radius 3 is 2.55 bits per heavy atom. The van der Waals surface area contributed by atoms with Gasteiger partial charge in [-0.2, -0.15) is 0 Å². The molecule has 2 aromatic carbocycles. The fraction of sp³-hybridized carbons (Fsp3) is 0.435. The van der Waals surface area contributed by atoms with E-state index >= 15 is 0 Å². The van der Waals surface area contributed by atoms with Gasteiger partial charge in [-0.05, 0) is 37.3 Å². The van der Waals surface area contributed by atoms with E-state index in [0.717, 1.165) is 23.5 Å². The molecule has 3 N–H and O–H groups in total. The SMILES string of the molecule is CCNC(=NCc1ccccc1OCC1CC1)NCCS(=O)(=O)NCc1ccccc1. The maximum Gasteiger partial charge on any atom is 0.213 e. The van der Waals surface area contributed by atoms with Crippen LogP contribution in [0.25, 0.3) is 0 Å². The van der Waals surface area contributed by atoms with Crippen molar-refractivity contribution in [3.63, 3.8) is 0 Å². The summed E-state index contributed by atoms with van der Waals surface area (Å²) in [6.07, 6.45) is 2.50. The molecule has 1 fully saturated rings. The fourth-order valence-corrected chi connectivity index (χ4v) is 3.84. The van der Waals surface area contributed by atoms with Crippen LogP contribution >= 0.6 is 0 Å². The molecule has 1 saturated carbocycles. The predicted molar refractivity (Wildman–Crippen MR) is 125 cm³/mol. The van der Waals surface area contributed by atoms with Crippen LogP contribution < -0.4 is 20.1 Å². The Labute approximate surface area is 185 Å². The summed E-state index contributed by atoms with van der Waals surface area (Å²) in [4.78, 5) is 4.60. The number of ether oxygens (including phenoxy) is 1. The van der Waals surface area contributed by atoms with Gasteiger partial charge < -0.3 is 15.4 Å². The largest absolute Gasteiger partial charge is 0.493 e. The number of hydrogen-bond acceptors (Lipinski definition) is 4. The molecule has 0 spiro atoms. The highest BCUT2D eigenvalue weighted by Crippen LogP contribution is 2.30. The van der Waals surface area contributed by atoms with Crippen LogP contribution in [0.4, 0.5) is 0 Å². The Morgan fingerprint density at radius 1 is 1.06 bits per heavy atom. The molecule has 7 nitrogen and oxygen atoms in total. The Hall–Kier alpha value is -2.58. The normalized spacial score (nSPS) is 14.3. The van der Waals surface area contributed by atoms with Crippen LogP contribution in [0.3, 0.4) is 0 Å². The average Bonchev–Trinajstić information content (AvgIpc) is 3.60. The summed E-state index contributed by atoms with van der Waals surface area (Å²) in [5.41, 5.74) is 1.94. The second-order valence-electron chi connectivity index (χ2n) is 7.61. The molecular formula is C23H32N4O3S. The summed E-state index contributed by atoms with van der Waals surface area (Å²) in [5.74, 6) is 2.10. The van der Waals surface area contributed by atoms with E-state index in [-0.39, 0.29) is 18.8 Å². The highest BCUT2D eigenvalue weighted by molar-refractivity contribution is 7.89. The molecule has 168 valence electrons. The third-order valence-corrected chi connectivity index (χ3v) is 6.22. The number of rotatable bonds is 12. The van der Waals surface area contributed by atoms with Crippen molar-refractivity contribution < 1.29 is 13.2 Å². The van der Waals surface area contributed by atoms with Crippen molar-refractivity contribution in [3.05, 3.63) is 65.7 Å². The van der Waals surface area contributed by atoms with E-state index in [4.69, 9.17) is 4.74 Å². The highest BCUT2D eigenvalue weighted by Gasteiger charge is 2.22. The lowest BCUT2D eigenvalue weighted by Gasteiger charge is -2.13.